The van der Waals surface area contributed by atoms with Gasteiger partial charge in [-0.25, -0.2) is 9.37 Å². The third kappa shape index (κ3) is 3.78. The summed E-state index contributed by atoms with van der Waals surface area (Å²) in [5.74, 6) is 0.175. The first-order valence-electron chi connectivity index (χ1n) is 6.80. The number of benzene rings is 1. The maximum atomic E-state index is 12.9. The summed E-state index contributed by atoms with van der Waals surface area (Å²) in [6.45, 7) is 3.06. The molecule has 21 heavy (non-hydrogen) atoms. The quantitative estimate of drug-likeness (QED) is 0.919. The summed E-state index contributed by atoms with van der Waals surface area (Å²) in [4.78, 5) is 18.3. The maximum Gasteiger partial charge on any atom is 0.257 e. The molecular weight excluding hydrogens is 269 g/mol. The van der Waals surface area contributed by atoms with Gasteiger partial charge in [0.25, 0.3) is 5.91 Å². The lowest BCUT2D eigenvalue weighted by molar-refractivity contribution is 0.0785. The lowest BCUT2D eigenvalue weighted by Crippen LogP contribution is -2.27. The Morgan fingerprint density at radius 2 is 2.00 bits per heavy atom. The fourth-order valence-electron chi connectivity index (χ4n) is 2.03. The van der Waals surface area contributed by atoms with E-state index in [1.807, 2.05) is 6.92 Å². The average molecular weight is 287 g/mol. The maximum absolute atomic E-state index is 12.9. The van der Waals surface area contributed by atoms with Gasteiger partial charge in [0.05, 0.1) is 5.56 Å². The third-order valence-electron chi connectivity index (χ3n) is 3.06. The van der Waals surface area contributed by atoms with Gasteiger partial charge in [0.15, 0.2) is 0 Å². The number of carbonyl (C=O) groups excluding carboxylic acids is 1. The summed E-state index contributed by atoms with van der Waals surface area (Å²) < 4.78 is 12.9. The molecule has 1 heterocycles. The molecule has 1 N–H and O–H groups in total. The highest BCUT2D eigenvalue weighted by Gasteiger charge is 2.16. The normalized spacial score (nSPS) is 10.2. The Bertz CT molecular complexity index is 613. The van der Waals surface area contributed by atoms with Gasteiger partial charge in [-0.3, -0.25) is 4.79 Å². The highest BCUT2D eigenvalue weighted by molar-refractivity contribution is 5.98. The van der Waals surface area contributed by atoms with Crippen LogP contribution in [0.2, 0.25) is 0 Å². The second-order valence-electron chi connectivity index (χ2n) is 4.72. The number of hydrogen-bond donors (Lipinski definition) is 1. The van der Waals surface area contributed by atoms with Crippen molar-refractivity contribution >= 4 is 11.7 Å². The smallest absolute Gasteiger partial charge is 0.257 e. The van der Waals surface area contributed by atoms with Crippen LogP contribution >= 0.6 is 0 Å². The van der Waals surface area contributed by atoms with Crippen molar-refractivity contribution in [1.29, 1.82) is 0 Å². The van der Waals surface area contributed by atoms with Crippen molar-refractivity contribution in [2.24, 2.45) is 0 Å². The Morgan fingerprint density at radius 3 is 2.67 bits per heavy atom. The number of amides is 1. The van der Waals surface area contributed by atoms with E-state index in [4.69, 9.17) is 0 Å². The van der Waals surface area contributed by atoms with Gasteiger partial charge in [-0.05, 0) is 36.8 Å². The third-order valence-corrected chi connectivity index (χ3v) is 3.06. The van der Waals surface area contributed by atoms with Crippen LogP contribution in [0.4, 0.5) is 10.2 Å². The molecule has 0 aliphatic heterocycles. The summed E-state index contributed by atoms with van der Waals surface area (Å²) in [7, 11) is 1.72. The zero-order chi connectivity index (χ0) is 15.2. The number of halogens is 1. The minimum atomic E-state index is -0.283. The second-order valence-corrected chi connectivity index (χ2v) is 4.72. The van der Waals surface area contributed by atoms with Crippen LogP contribution in [0.1, 0.15) is 22.8 Å². The number of carbonyl (C=O) groups is 1. The number of anilines is 1. The minimum absolute atomic E-state index is 0.122. The number of aromatic nitrogens is 1. The molecule has 1 aromatic carbocycles. The molecule has 4 nitrogen and oxygen atoms in total. The van der Waals surface area contributed by atoms with Gasteiger partial charge in [0, 0.05) is 26.3 Å². The minimum Gasteiger partial charge on any atom is -0.370 e. The lowest BCUT2D eigenvalue weighted by Gasteiger charge is -2.19. The average Bonchev–Trinajstić information content (AvgIpc) is 2.50. The van der Waals surface area contributed by atoms with Crippen LogP contribution in [0.15, 0.2) is 42.6 Å². The Hall–Kier alpha value is -2.43. The van der Waals surface area contributed by atoms with Gasteiger partial charge < -0.3 is 10.2 Å². The van der Waals surface area contributed by atoms with Crippen molar-refractivity contribution in [3.8, 4) is 0 Å². The number of pyridine rings is 1. The monoisotopic (exact) mass is 287 g/mol. The molecule has 2 aromatic rings. The van der Waals surface area contributed by atoms with E-state index in [9.17, 15) is 9.18 Å². The van der Waals surface area contributed by atoms with E-state index < -0.39 is 0 Å². The Balaban J connectivity index is 2.13. The molecule has 0 spiro atoms. The molecule has 2 rings (SSSR count). The summed E-state index contributed by atoms with van der Waals surface area (Å²) in [5.41, 5.74) is 1.41. The number of hydrogen-bond acceptors (Lipinski definition) is 3. The summed E-state index contributed by atoms with van der Waals surface area (Å²) in [6.07, 6.45) is 1.65. The van der Waals surface area contributed by atoms with Gasteiger partial charge in [0.1, 0.15) is 11.6 Å². The molecule has 0 radical (unpaired) electrons. The van der Waals surface area contributed by atoms with Crippen molar-refractivity contribution in [1.82, 2.24) is 9.88 Å². The van der Waals surface area contributed by atoms with Gasteiger partial charge in [-0.1, -0.05) is 12.1 Å². The Labute approximate surface area is 123 Å². The molecule has 0 saturated heterocycles. The van der Waals surface area contributed by atoms with Crippen LogP contribution in [0.5, 0.6) is 0 Å². The SMILES string of the molecule is CCNc1ncccc1C(=O)N(C)Cc1ccc(F)cc1. The van der Waals surface area contributed by atoms with Crippen molar-refractivity contribution in [2.75, 3.05) is 18.9 Å². The first kappa shape index (κ1) is 15.0. The molecule has 0 unspecified atom stereocenters. The van der Waals surface area contributed by atoms with Crippen LogP contribution in [0.3, 0.4) is 0 Å². The van der Waals surface area contributed by atoms with E-state index in [0.717, 1.165) is 5.56 Å². The molecule has 0 bridgehead atoms. The molecule has 1 amide bonds. The number of rotatable bonds is 5. The molecule has 110 valence electrons. The zero-order valence-electron chi connectivity index (χ0n) is 12.1. The van der Waals surface area contributed by atoms with E-state index in [0.29, 0.717) is 24.5 Å². The summed E-state index contributed by atoms with van der Waals surface area (Å²) >= 11 is 0. The topological polar surface area (TPSA) is 45.2 Å². The standard InChI is InChI=1S/C16H18FN3O/c1-3-18-15-14(5-4-10-19-15)16(21)20(2)11-12-6-8-13(17)9-7-12/h4-10H,3,11H2,1-2H3,(H,18,19). The van der Waals surface area contributed by atoms with Crippen molar-refractivity contribution in [3.63, 3.8) is 0 Å². The molecule has 0 atom stereocenters. The molecule has 5 heteroatoms. The molecule has 0 saturated carbocycles. The summed E-state index contributed by atoms with van der Waals surface area (Å²) in [5, 5.41) is 3.08. The molecule has 1 aromatic heterocycles. The predicted octanol–water partition coefficient (Wildman–Crippen LogP) is 2.92. The van der Waals surface area contributed by atoms with Crippen LogP contribution in [0.25, 0.3) is 0 Å². The van der Waals surface area contributed by atoms with Gasteiger partial charge in [0.2, 0.25) is 0 Å². The molecule has 0 aliphatic carbocycles. The number of nitrogens with one attached hydrogen (secondary N) is 1. The van der Waals surface area contributed by atoms with E-state index in [2.05, 4.69) is 10.3 Å². The van der Waals surface area contributed by atoms with Crippen molar-refractivity contribution < 1.29 is 9.18 Å². The van der Waals surface area contributed by atoms with Crippen molar-refractivity contribution in [2.45, 2.75) is 13.5 Å². The van der Waals surface area contributed by atoms with E-state index in [1.54, 1.807) is 42.4 Å². The Morgan fingerprint density at radius 1 is 1.29 bits per heavy atom. The second kappa shape index (κ2) is 6.83. The fourth-order valence-corrected chi connectivity index (χ4v) is 2.03. The van der Waals surface area contributed by atoms with Crippen LogP contribution in [-0.2, 0) is 6.54 Å². The Kier molecular flexibility index (Phi) is 4.87. The van der Waals surface area contributed by atoms with Gasteiger partial charge in [-0.2, -0.15) is 0 Å². The van der Waals surface area contributed by atoms with E-state index in [-0.39, 0.29) is 11.7 Å². The van der Waals surface area contributed by atoms with Crippen molar-refractivity contribution in [3.05, 3.63) is 59.5 Å². The van der Waals surface area contributed by atoms with Crippen LogP contribution in [-0.4, -0.2) is 29.4 Å². The fraction of sp³-hybridized carbons (Fsp3) is 0.250. The predicted molar refractivity (Wildman–Crippen MR) is 80.6 cm³/mol. The largest absolute Gasteiger partial charge is 0.370 e. The van der Waals surface area contributed by atoms with Crippen LogP contribution < -0.4 is 5.32 Å². The highest BCUT2D eigenvalue weighted by Crippen LogP contribution is 2.15. The highest BCUT2D eigenvalue weighted by atomic mass is 19.1. The molecule has 0 aliphatic rings. The van der Waals surface area contributed by atoms with Gasteiger partial charge in [-0.15, -0.1) is 0 Å². The first-order chi connectivity index (χ1) is 10.1. The van der Waals surface area contributed by atoms with Crippen LogP contribution in [0, 0.1) is 5.82 Å². The van der Waals surface area contributed by atoms with Gasteiger partial charge >= 0.3 is 0 Å². The molecular formula is C16H18FN3O. The lowest BCUT2D eigenvalue weighted by atomic mass is 10.2. The zero-order valence-corrected chi connectivity index (χ0v) is 12.1. The van der Waals surface area contributed by atoms with E-state index in [1.165, 1.54) is 12.1 Å². The first-order valence-corrected chi connectivity index (χ1v) is 6.80. The molecule has 0 fully saturated rings. The number of nitrogens with zero attached hydrogens (tertiary/aromatic N) is 2. The summed E-state index contributed by atoms with van der Waals surface area (Å²) in [6, 6.07) is 9.61. The van der Waals surface area contributed by atoms with E-state index >= 15 is 0 Å².